The number of benzene rings is 2. The van der Waals surface area contributed by atoms with Gasteiger partial charge >= 0.3 is 0 Å². The number of rotatable bonds is 12. The Labute approximate surface area is 224 Å². The second kappa shape index (κ2) is 13.3. The normalized spacial score (nSPS) is 13.1. The second-order valence-corrected chi connectivity index (χ2v) is 11.8. The van der Waals surface area contributed by atoms with Crippen LogP contribution >= 0.6 is 23.2 Å². The van der Waals surface area contributed by atoms with E-state index in [9.17, 15) is 18.0 Å². The van der Waals surface area contributed by atoms with Crippen molar-refractivity contribution < 1.29 is 18.0 Å². The van der Waals surface area contributed by atoms with Crippen molar-refractivity contribution in [3.8, 4) is 0 Å². The first-order valence-electron chi connectivity index (χ1n) is 11.9. The number of nitrogens with zero attached hydrogens (tertiary/aromatic N) is 2. The van der Waals surface area contributed by atoms with Gasteiger partial charge in [-0.05, 0) is 63.4 Å². The SMILES string of the molecule is CC[C@H](C)NC(=O)[C@@H](C)N(Cc1ccc(Cl)cc1Cl)C(=O)CCCN(c1ccc(C)cc1)S(C)(=O)=O. The number of hydrogen-bond acceptors (Lipinski definition) is 4. The summed E-state index contributed by atoms with van der Waals surface area (Å²) in [7, 11) is -3.54. The molecular weight excluding hydrogens is 521 g/mol. The molecule has 2 rings (SSSR count). The third-order valence-corrected chi connectivity index (χ3v) is 7.78. The molecule has 36 heavy (non-hydrogen) atoms. The molecule has 198 valence electrons. The second-order valence-electron chi connectivity index (χ2n) is 9.03. The molecule has 2 atom stereocenters. The summed E-state index contributed by atoms with van der Waals surface area (Å²) in [6, 6.07) is 11.4. The highest BCUT2D eigenvalue weighted by Gasteiger charge is 2.27. The summed E-state index contributed by atoms with van der Waals surface area (Å²) in [6.07, 6.45) is 2.24. The van der Waals surface area contributed by atoms with E-state index in [1.165, 1.54) is 9.21 Å². The molecule has 0 saturated carbocycles. The third-order valence-electron chi connectivity index (χ3n) is 6.00. The van der Waals surface area contributed by atoms with E-state index < -0.39 is 16.1 Å². The van der Waals surface area contributed by atoms with E-state index in [-0.39, 0.29) is 43.8 Å². The summed E-state index contributed by atoms with van der Waals surface area (Å²) in [5.41, 5.74) is 2.22. The van der Waals surface area contributed by atoms with E-state index in [2.05, 4.69) is 5.32 Å². The maximum atomic E-state index is 13.3. The van der Waals surface area contributed by atoms with E-state index in [0.717, 1.165) is 18.2 Å². The van der Waals surface area contributed by atoms with Crippen LogP contribution in [-0.4, -0.2) is 50.0 Å². The van der Waals surface area contributed by atoms with Crippen molar-refractivity contribution in [3.05, 3.63) is 63.6 Å². The molecule has 0 radical (unpaired) electrons. The lowest BCUT2D eigenvalue weighted by atomic mass is 10.1. The summed E-state index contributed by atoms with van der Waals surface area (Å²) in [5.74, 6) is -0.537. The molecule has 0 saturated heterocycles. The predicted molar refractivity (Wildman–Crippen MR) is 147 cm³/mol. The standard InChI is InChI=1S/C26H35Cl2N3O4S/c1-6-19(3)29-26(33)20(4)30(17-21-11-12-22(27)16-24(21)28)25(32)8-7-15-31(36(5,34)35)23-13-9-18(2)10-14-23/h9-14,16,19-20H,6-8,15,17H2,1-5H3,(H,29,33)/t19-,20+/m0/s1. The van der Waals surface area contributed by atoms with Crippen LogP contribution in [0.5, 0.6) is 0 Å². The molecule has 0 aromatic heterocycles. The molecule has 0 spiro atoms. The number of halogens is 2. The van der Waals surface area contributed by atoms with Crippen LogP contribution in [0, 0.1) is 6.92 Å². The Hall–Kier alpha value is -2.29. The number of anilines is 1. The van der Waals surface area contributed by atoms with Gasteiger partial charge in [-0.3, -0.25) is 13.9 Å². The monoisotopic (exact) mass is 555 g/mol. The number of aryl methyl sites for hydroxylation is 1. The molecule has 0 aliphatic heterocycles. The Morgan fingerprint density at radius 1 is 1.06 bits per heavy atom. The zero-order valence-electron chi connectivity index (χ0n) is 21.4. The largest absolute Gasteiger partial charge is 0.352 e. The number of carbonyl (C=O) groups is 2. The van der Waals surface area contributed by atoms with Gasteiger partial charge in [0.15, 0.2) is 0 Å². The van der Waals surface area contributed by atoms with Crippen molar-refractivity contribution in [2.45, 2.75) is 65.6 Å². The first kappa shape index (κ1) is 29.9. The predicted octanol–water partition coefficient (Wildman–Crippen LogP) is 5.18. The van der Waals surface area contributed by atoms with Crippen LogP contribution in [0.1, 0.15) is 51.2 Å². The number of carbonyl (C=O) groups excluding carboxylic acids is 2. The van der Waals surface area contributed by atoms with Gasteiger partial charge in [0.05, 0.1) is 11.9 Å². The molecule has 2 amide bonds. The van der Waals surface area contributed by atoms with E-state index in [0.29, 0.717) is 21.3 Å². The fourth-order valence-electron chi connectivity index (χ4n) is 3.60. The topological polar surface area (TPSA) is 86.8 Å². The summed E-state index contributed by atoms with van der Waals surface area (Å²) in [5, 5.41) is 3.79. The van der Waals surface area contributed by atoms with Crippen molar-refractivity contribution in [1.29, 1.82) is 0 Å². The summed E-state index contributed by atoms with van der Waals surface area (Å²) < 4.78 is 26.1. The maximum absolute atomic E-state index is 13.3. The molecule has 0 aliphatic carbocycles. The van der Waals surface area contributed by atoms with Crippen LogP contribution < -0.4 is 9.62 Å². The van der Waals surface area contributed by atoms with Crippen molar-refractivity contribution in [3.63, 3.8) is 0 Å². The molecule has 10 heteroatoms. The van der Waals surface area contributed by atoms with Crippen LogP contribution in [0.15, 0.2) is 42.5 Å². The smallest absolute Gasteiger partial charge is 0.242 e. The van der Waals surface area contributed by atoms with Crippen molar-refractivity contribution in [2.24, 2.45) is 0 Å². The number of nitrogens with one attached hydrogen (secondary N) is 1. The number of amides is 2. The lowest BCUT2D eigenvalue weighted by Gasteiger charge is -2.30. The Morgan fingerprint density at radius 2 is 1.69 bits per heavy atom. The van der Waals surface area contributed by atoms with Crippen LogP contribution in [-0.2, 0) is 26.2 Å². The average Bonchev–Trinajstić information content (AvgIpc) is 2.80. The summed E-state index contributed by atoms with van der Waals surface area (Å²) >= 11 is 12.4. The van der Waals surface area contributed by atoms with E-state index in [1.54, 1.807) is 37.3 Å². The highest BCUT2D eigenvalue weighted by Crippen LogP contribution is 2.24. The zero-order chi connectivity index (χ0) is 27.0. The molecule has 2 aromatic carbocycles. The van der Waals surface area contributed by atoms with Gasteiger partial charge in [-0.15, -0.1) is 0 Å². The Balaban J connectivity index is 2.20. The molecule has 2 aromatic rings. The number of sulfonamides is 1. The lowest BCUT2D eigenvalue weighted by molar-refractivity contribution is -0.140. The van der Waals surface area contributed by atoms with Crippen molar-refractivity contribution in [2.75, 3.05) is 17.1 Å². The van der Waals surface area contributed by atoms with Crippen molar-refractivity contribution in [1.82, 2.24) is 10.2 Å². The minimum atomic E-state index is -3.54. The van der Waals surface area contributed by atoms with Crippen LogP contribution in [0.3, 0.4) is 0 Å². The van der Waals surface area contributed by atoms with Crippen LogP contribution in [0.4, 0.5) is 5.69 Å². The summed E-state index contributed by atoms with van der Waals surface area (Å²) in [6.45, 7) is 7.72. The van der Waals surface area contributed by atoms with Crippen molar-refractivity contribution >= 4 is 50.7 Å². The maximum Gasteiger partial charge on any atom is 0.242 e. The first-order chi connectivity index (χ1) is 16.8. The third kappa shape index (κ3) is 8.68. The fourth-order valence-corrected chi connectivity index (χ4v) is 5.03. The van der Waals surface area contributed by atoms with Gasteiger partial charge in [0, 0.05) is 35.6 Å². The summed E-state index contributed by atoms with van der Waals surface area (Å²) in [4.78, 5) is 27.7. The van der Waals surface area contributed by atoms with Crippen LogP contribution in [0.2, 0.25) is 10.0 Å². The highest BCUT2D eigenvalue weighted by molar-refractivity contribution is 7.92. The minimum Gasteiger partial charge on any atom is -0.352 e. The molecule has 0 fully saturated rings. The van der Waals surface area contributed by atoms with Gasteiger partial charge in [0.2, 0.25) is 21.8 Å². The Bertz CT molecular complexity index is 1160. The molecule has 0 heterocycles. The zero-order valence-corrected chi connectivity index (χ0v) is 23.8. The lowest BCUT2D eigenvalue weighted by Crippen LogP contribution is -2.49. The van der Waals surface area contributed by atoms with Crippen LogP contribution in [0.25, 0.3) is 0 Å². The van der Waals surface area contributed by atoms with Gasteiger partial charge in [-0.25, -0.2) is 8.42 Å². The van der Waals surface area contributed by atoms with Gasteiger partial charge in [-0.2, -0.15) is 0 Å². The number of hydrogen-bond donors (Lipinski definition) is 1. The quantitative estimate of drug-likeness (QED) is 0.391. The van der Waals surface area contributed by atoms with E-state index in [1.807, 2.05) is 32.9 Å². The molecule has 7 nitrogen and oxygen atoms in total. The average molecular weight is 557 g/mol. The van der Waals surface area contributed by atoms with Gasteiger partial charge < -0.3 is 10.2 Å². The molecule has 1 N–H and O–H groups in total. The molecule has 0 unspecified atom stereocenters. The Morgan fingerprint density at radius 3 is 2.25 bits per heavy atom. The van der Waals surface area contributed by atoms with E-state index >= 15 is 0 Å². The first-order valence-corrected chi connectivity index (χ1v) is 14.5. The molecular formula is C26H35Cl2N3O4S. The van der Waals surface area contributed by atoms with E-state index in [4.69, 9.17) is 23.2 Å². The Kier molecular flexibility index (Phi) is 11.1. The fraction of sp³-hybridized carbons (Fsp3) is 0.462. The molecule has 0 aliphatic rings. The minimum absolute atomic E-state index is 0.0335. The van der Waals surface area contributed by atoms with Gasteiger partial charge in [-0.1, -0.05) is 53.9 Å². The highest BCUT2D eigenvalue weighted by atomic mass is 35.5. The molecule has 0 bridgehead atoms. The van der Waals surface area contributed by atoms with Gasteiger partial charge in [0.1, 0.15) is 6.04 Å². The van der Waals surface area contributed by atoms with Gasteiger partial charge in [0.25, 0.3) is 0 Å².